The van der Waals surface area contributed by atoms with Crippen molar-refractivity contribution in [2.45, 2.75) is 26.7 Å². The van der Waals surface area contributed by atoms with E-state index in [4.69, 9.17) is 9.68 Å². The molecule has 64 valence electrons. The zero-order chi connectivity index (χ0) is 8.97. The number of nitrogens with zero attached hydrogens (tertiary/aromatic N) is 1. The first kappa shape index (κ1) is 8.86. The predicted molar refractivity (Wildman–Crippen MR) is 46.5 cm³/mol. The molecule has 2 heteroatoms. The molecule has 0 N–H and O–H groups in total. The van der Waals surface area contributed by atoms with E-state index in [2.05, 4.69) is 6.07 Å². The molecule has 1 aromatic rings. The van der Waals surface area contributed by atoms with Crippen LogP contribution in [0.2, 0.25) is 0 Å². The number of rotatable bonds is 3. The second-order valence-corrected chi connectivity index (χ2v) is 2.95. The van der Waals surface area contributed by atoms with Gasteiger partial charge in [-0.2, -0.15) is 5.26 Å². The van der Waals surface area contributed by atoms with Gasteiger partial charge >= 0.3 is 0 Å². The van der Waals surface area contributed by atoms with Crippen molar-refractivity contribution in [3.8, 4) is 6.07 Å². The predicted octanol–water partition coefficient (Wildman–Crippen LogP) is 2.68. The third-order valence-corrected chi connectivity index (χ3v) is 1.92. The number of aryl methyl sites for hydroxylation is 1. The normalized spacial score (nSPS) is 12.4. The molecule has 1 atom stereocenters. The van der Waals surface area contributed by atoms with E-state index < -0.39 is 0 Å². The Balaban J connectivity index is 2.58. The first-order valence-electron chi connectivity index (χ1n) is 4.21. The van der Waals surface area contributed by atoms with Gasteiger partial charge in [-0.05, 0) is 25.5 Å². The molecule has 0 radical (unpaired) electrons. The van der Waals surface area contributed by atoms with Gasteiger partial charge in [0.25, 0.3) is 0 Å². The maximum absolute atomic E-state index is 8.70. The van der Waals surface area contributed by atoms with Crippen molar-refractivity contribution in [3.05, 3.63) is 23.7 Å². The summed E-state index contributed by atoms with van der Waals surface area (Å²) in [5.41, 5.74) is 0. The van der Waals surface area contributed by atoms with E-state index in [-0.39, 0.29) is 5.92 Å². The van der Waals surface area contributed by atoms with E-state index in [9.17, 15) is 0 Å². The first-order valence-corrected chi connectivity index (χ1v) is 4.21. The summed E-state index contributed by atoms with van der Waals surface area (Å²) in [4.78, 5) is 0. The Morgan fingerprint density at radius 3 is 2.75 bits per heavy atom. The van der Waals surface area contributed by atoms with Gasteiger partial charge in [-0.25, -0.2) is 0 Å². The van der Waals surface area contributed by atoms with Crippen molar-refractivity contribution < 1.29 is 4.42 Å². The van der Waals surface area contributed by atoms with E-state index in [0.717, 1.165) is 24.4 Å². The van der Waals surface area contributed by atoms with Crippen molar-refractivity contribution in [2.24, 2.45) is 5.92 Å². The van der Waals surface area contributed by atoms with Crippen molar-refractivity contribution in [3.63, 3.8) is 0 Å². The average Bonchev–Trinajstić information content (AvgIpc) is 2.47. The van der Waals surface area contributed by atoms with Gasteiger partial charge in [0.1, 0.15) is 11.5 Å². The van der Waals surface area contributed by atoms with Crippen LogP contribution in [0.5, 0.6) is 0 Å². The molecule has 0 saturated carbocycles. The Morgan fingerprint density at radius 1 is 1.58 bits per heavy atom. The molecule has 0 saturated heterocycles. The minimum absolute atomic E-state index is 0.0931. The average molecular weight is 163 g/mol. The SMILES string of the molecule is CCC(C#N)Cc1ccc(C)o1. The minimum Gasteiger partial charge on any atom is -0.466 e. The molecule has 0 bridgehead atoms. The van der Waals surface area contributed by atoms with E-state index in [0.29, 0.717) is 0 Å². The summed E-state index contributed by atoms with van der Waals surface area (Å²) in [6.07, 6.45) is 1.62. The molecule has 1 aromatic heterocycles. The molecule has 0 fully saturated rings. The lowest BCUT2D eigenvalue weighted by Crippen LogP contribution is -1.98. The lowest BCUT2D eigenvalue weighted by Gasteiger charge is -2.01. The van der Waals surface area contributed by atoms with Crippen LogP contribution in [0.4, 0.5) is 0 Å². The second kappa shape index (κ2) is 3.96. The highest BCUT2D eigenvalue weighted by Crippen LogP contribution is 2.13. The zero-order valence-corrected chi connectivity index (χ0v) is 7.50. The molecule has 0 spiro atoms. The molecule has 0 amide bonds. The highest BCUT2D eigenvalue weighted by molar-refractivity contribution is 5.07. The van der Waals surface area contributed by atoms with Crippen LogP contribution in [-0.2, 0) is 6.42 Å². The van der Waals surface area contributed by atoms with Crippen molar-refractivity contribution in [1.29, 1.82) is 5.26 Å². The van der Waals surface area contributed by atoms with Crippen LogP contribution in [0.25, 0.3) is 0 Å². The van der Waals surface area contributed by atoms with E-state index in [1.54, 1.807) is 0 Å². The van der Waals surface area contributed by atoms with Gasteiger partial charge in [0, 0.05) is 6.42 Å². The maximum Gasteiger partial charge on any atom is 0.105 e. The monoisotopic (exact) mass is 163 g/mol. The van der Waals surface area contributed by atoms with Gasteiger partial charge in [-0.1, -0.05) is 6.92 Å². The summed E-state index contributed by atoms with van der Waals surface area (Å²) in [5.74, 6) is 1.93. The summed E-state index contributed by atoms with van der Waals surface area (Å²) in [7, 11) is 0. The molecule has 1 rings (SSSR count). The van der Waals surface area contributed by atoms with Gasteiger partial charge in [0.05, 0.1) is 12.0 Å². The highest BCUT2D eigenvalue weighted by atomic mass is 16.3. The van der Waals surface area contributed by atoms with Gasteiger partial charge in [-0.15, -0.1) is 0 Å². The van der Waals surface area contributed by atoms with Crippen LogP contribution >= 0.6 is 0 Å². The minimum atomic E-state index is 0.0931. The molecular weight excluding hydrogens is 150 g/mol. The lowest BCUT2D eigenvalue weighted by molar-refractivity contribution is 0.455. The third-order valence-electron chi connectivity index (χ3n) is 1.92. The fourth-order valence-corrected chi connectivity index (χ4v) is 1.12. The summed E-state index contributed by atoms with van der Waals surface area (Å²) in [6.45, 7) is 3.93. The van der Waals surface area contributed by atoms with Crippen molar-refractivity contribution >= 4 is 0 Å². The maximum atomic E-state index is 8.70. The summed E-state index contributed by atoms with van der Waals surface area (Å²) in [5, 5.41) is 8.70. The van der Waals surface area contributed by atoms with Crippen molar-refractivity contribution in [1.82, 2.24) is 0 Å². The molecule has 1 unspecified atom stereocenters. The van der Waals surface area contributed by atoms with Gasteiger partial charge in [0.2, 0.25) is 0 Å². The molecule has 12 heavy (non-hydrogen) atoms. The quantitative estimate of drug-likeness (QED) is 0.686. The first-order chi connectivity index (χ1) is 5.76. The summed E-state index contributed by atoms with van der Waals surface area (Å²) >= 11 is 0. The number of nitriles is 1. The van der Waals surface area contributed by atoms with Crippen LogP contribution in [0, 0.1) is 24.2 Å². The molecule has 1 heterocycles. The van der Waals surface area contributed by atoms with E-state index in [1.165, 1.54) is 0 Å². The molecular formula is C10H13NO. The van der Waals surface area contributed by atoms with Crippen LogP contribution < -0.4 is 0 Å². The van der Waals surface area contributed by atoms with Crippen LogP contribution in [0.3, 0.4) is 0 Å². The van der Waals surface area contributed by atoms with E-state index >= 15 is 0 Å². The third kappa shape index (κ3) is 2.13. The molecule has 0 aliphatic heterocycles. The smallest absolute Gasteiger partial charge is 0.105 e. The Bertz CT molecular complexity index is 282. The summed E-state index contributed by atoms with van der Waals surface area (Å²) < 4.78 is 5.37. The Morgan fingerprint density at radius 2 is 2.33 bits per heavy atom. The van der Waals surface area contributed by atoms with Crippen LogP contribution in [0.1, 0.15) is 24.9 Å². The molecule has 0 aliphatic carbocycles. The van der Waals surface area contributed by atoms with Gasteiger partial charge in [0.15, 0.2) is 0 Å². The Kier molecular flexibility index (Phi) is 2.93. The Labute approximate surface area is 72.8 Å². The van der Waals surface area contributed by atoms with E-state index in [1.807, 2.05) is 26.0 Å². The van der Waals surface area contributed by atoms with Gasteiger partial charge in [-0.3, -0.25) is 0 Å². The zero-order valence-electron chi connectivity index (χ0n) is 7.50. The lowest BCUT2D eigenvalue weighted by atomic mass is 10.0. The Hall–Kier alpha value is -1.23. The molecule has 0 aromatic carbocycles. The fourth-order valence-electron chi connectivity index (χ4n) is 1.12. The number of hydrogen-bond donors (Lipinski definition) is 0. The second-order valence-electron chi connectivity index (χ2n) is 2.95. The largest absolute Gasteiger partial charge is 0.466 e. The highest BCUT2D eigenvalue weighted by Gasteiger charge is 2.07. The van der Waals surface area contributed by atoms with Crippen LogP contribution in [0.15, 0.2) is 16.5 Å². The molecule has 2 nitrogen and oxygen atoms in total. The van der Waals surface area contributed by atoms with Gasteiger partial charge < -0.3 is 4.42 Å². The standard InChI is InChI=1S/C10H13NO/c1-3-9(7-11)6-10-5-4-8(2)12-10/h4-5,9H,3,6H2,1-2H3. The number of hydrogen-bond acceptors (Lipinski definition) is 2. The summed E-state index contributed by atoms with van der Waals surface area (Å²) in [6, 6.07) is 6.12. The topological polar surface area (TPSA) is 36.9 Å². The van der Waals surface area contributed by atoms with Crippen molar-refractivity contribution in [2.75, 3.05) is 0 Å². The molecule has 0 aliphatic rings. The number of furan rings is 1. The van der Waals surface area contributed by atoms with Crippen LogP contribution in [-0.4, -0.2) is 0 Å². The fraction of sp³-hybridized carbons (Fsp3) is 0.500.